The van der Waals surface area contributed by atoms with Gasteiger partial charge in [0.25, 0.3) is 0 Å². The van der Waals surface area contributed by atoms with Gasteiger partial charge in [-0.05, 0) is 42.3 Å². The number of benzene rings is 3. The third-order valence-electron chi connectivity index (χ3n) is 5.95. The molecule has 0 saturated heterocycles. The number of aryl methyl sites for hydroxylation is 2. The van der Waals surface area contributed by atoms with E-state index in [1.165, 1.54) is 0 Å². The number of rotatable bonds is 5. The fraction of sp³-hybridized carbons (Fsp3) is 0.0938. The summed E-state index contributed by atoms with van der Waals surface area (Å²) in [7, 11) is 0. The molecule has 0 amide bonds. The zero-order valence-corrected chi connectivity index (χ0v) is 21.1. The van der Waals surface area contributed by atoms with E-state index in [1.54, 1.807) is 0 Å². The van der Waals surface area contributed by atoms with Crippen LogP contribution in [-0.2, 0) is 22.7 Å². The molecule has 0 unspecified atom stereocenters. The Morgan fingerprint density at radius 1 is 0.714 bits per heavy atom. The smallest absolute Gasteiger partial charge is 0.385 e. The molecule has 5 rings (SSSR count). The maximum atomic E-state index is 12.0. The van der Waals surface area contributed by atoms with Crippen molar-refractivity contribution in [3.63, 3.8) is 0 Å². The Bertz CT molecular complexity index is 1240. The molecule has 2 nitrogen and oxygen atoms in total. The first kappa shape index (κ1) is 26.1. The Hall–Kier alpha value is -3.49. The summed E-state index contributed by atoms with van der Waals surface area (Å²) in [6, 6.07) is 41.7. The molecular formula is C32H29FeNO. The Morgan fingerprint density at radius 3 is 1.74 bits per heavy atom. The van der Waals surface area contributed by atoms with Gasteiger partial charge in [0.1, 0.15) is 5.60 Å². The van der Waals surface area contributed by atoms with E-state index < -0.39 is 5.60 Å². The van der Waals surface area contributed by atoms with Crippen molar-refractivity contribution in [1.82, 2.24) is 0 Å². The van der Waals surface area contributed by atoms with Crippen molar-refractivity contribution in [3.8, 4) is 0 Å². The predicted molar refractivity (Wildman–Crippen MR) is 142 cm³/mol. The van der Waals surface area contributed by atoms with E-state index in [4.69, 9.17) is 4.99 Å². The Balaban J connectivity index is 0.000000509. The molecule has 0 spiro atoms. The molecule has 0 atom stereocenters. The molecule has 35 heavy (non-hydrogen) atoms. The average molecular weight is 499 g/mol. The zero-order chi connectivity index (χ0) is 23.8. The van der Waals surface area contributed by atoms with Crippen molar-refractivity contribution in [2.75, 3.05) is 0 Å². The van der Waals surface area contributed by atoms with E-state index >= 15 is 0 Å². The van der Waals surface area contributed by atoms with Gasteiger partial charge in [-0.2, -0.15) is 30.3 Å². The van der Waals surface area contributed by atoms with Crippen LogP contribution in [0.15, 0.2) is 132 Å². The third-order valence-corrected chi connectivity index (χ3v) is 5.95. The maximum absolute atomic E-state index is 12.0. The summed E-state index contributed by atoms with van der Waals surface area (Å²) >= 11 is 0. The fourth-order valence-electron chi connectivity index (χ4n) is 4.18. The molecule has 5 aromatic rings. The zero-order valence-electron chi connectivity index (χ0n) is 19.9. The van der Waals surface area contributed by atoms with Crippen molar-refractivity contribution < 1.29 is 22.2 Å². The largest absolute Gasteiger partial charge is 2.00 e. The van der Waals surface area contributed by atoms with Crippen LogP contribution in [0.3, 0.4) is 0 Å². The Morgan fingerprint density at radius 2 is 1.26 bits per heavy atom. The molecule has 1 N–H and O–H groups in total. The molecule has 0 fully saturated rings. The summed E-state index contributed by atoms with van der Waals surface area (Å²) in [6.45, 7) is 4.13. The molecule has 0 aliphatic heterocycles. The van der Waals surface area contributed by atoms with Gasteiger partial charge < -0.3 is 10.1 Å². The summed E-state index contributed by atoms with van der Waals surface area (Å²) < 4.78 is 0. The van der Waals surface area contributed by atoms with Gasteiger partial charge in [-0.25, -0.2) is 12.1 Å². The normalized spacial score (nSPS) is 10.9. The molecule has 176 valence electrons. The van der Waals surface area contributed by atoms with Crippen LogP contribution in [-0.4, -0.2) is 11.3 Å². The van der Waals surface area contributed by atoms with Gasteiger partial charge >= 0.3 is 17.1 Å². The first-order valence-corrected chi connectivity index (χ1v) is 11.5. The second-order valence-corrected chi connectivity index (χ2v) is 8.30. The van der Waals surface area contributed by atoms with E-state index in [0.29, 0.717) is 0 Å². The van der Waals surface area contributed by atoms with Crippen molar-refractivity contribution in [2.24, 2.45) is 4.99 Å². The number of aliphatic imine (C=N–C) groups is 1. The molecule has 0 aromatic heterocycles. The van der Waals surface area contributed by atoms with Crippen molar-refractivity contribution in [3.05, 3.63) is 161 Å². The van der Waals surface area contributed by atoms with Crippen LogP contribution in [0.4, 0.5) is 5.69 Å². The van der Waals surface area contributed by atoms with Gasteiger partial charge in [-0.3, -0.25) is 0 Å². The number of hydrogen-bond acceptors (Lipinski definition) is 2. The van der Waals surface area contributed by atoms with Crippen LogP contribution < -0.4 is 0 Å². The quantitative estimate of drug-likeness (QED) is 0.152. The van der Waals surface area contributed by atoms with Crippen LogP contribution >= 0.6 is 0 Å². The van der Waals surface area contributed by atoms with Gasteiger partial charge in [0.15, 0.2) is 0 Å². The third kappa shape index (κ3) is 5.96. The first-order chi connectivity index (χ1) is 16.6. The first-order valence-electron chi connectivity index (χ1n) is 11.5. The summed E-state index contributed by atoms with van der Waals surface area (Å²) in [5.41, 5.74) is 5.38. The summed E-state index contributed by atoms with van der Waals surface area (Å²) in [5, 5.41) is 12.0. The fourth-order valence-corrected chi connectivity index (χ4v) is 4.18. The summed E-state index contributed by atoms with van der Waals surface area (Å²) in [4.78, 5) is 4.77. The molecule has 0 bridgehead atoms. The van der Waals surface area contributed by atoms with Gasteiger partial charge in [0.05, 0.1) is 5.69 Å². The monoisotopic (exact) mass is 499 g/mol. The summed E-state index contributed by atoms with van der Waals surface area (Å²) in [5.74, 6) is 0. The SMILES string of the molecule is Cc1cccc(C)c1N=Cc1ccc[c-]1C(O)(c1ccccc1)c1ccccc1.[Fe+2].c1cc[cH-]c1. The van der Waals surface area contributed by atoms with Gasteiger partial charge in [0.2, 0.25) is 0 Å². The number of para-hydroxylation sites is 1. The van der Waals surface area contributed by atoms with Crippen LogP contribution in [0.1, 0.15) is 33.4 Å². The van der Waals surface area contributed by atoms with Crippen molar-refractivity contribution >= 4 is 11.9 Å². The Kier molecular flexibility index (Phi) is 9.17. The molecule has 0 aliphatic carbocycles. The second kappa shape index (κ2) is 12.3. The summed E-state index contributed by atoms with van der Waals surface area (Å²) in [6.07, 6.45) is 1.86. The standard InChI is InChI=1S/C27H24NO.C5H5.Fe/c1-20-11-9-12-21(2)26(20)28-19-22-13-10-18-25(22)27(29,23-14-5-3-6-15-23)24-16-7-4-8-17-24;1-2-4-5-3-1;/h3-19,29H,1-2H3;1-5H;/q2*-1;+2. The van der Waals surface area contributed by atoms with Crippen LogP contribution in [0.5, 0.6) is 0 Å². The van der Waals surface area contributed by atoms with E-state index in [1.807, 2.05) is 121 Å². The van der Waals surface area contributed by atoms with Crippen molar-refractivity contribution in [2.45, 2.75) is 19.4 Å². The van der Waals surface area contributed by atoms with E-state index in [0.717, 1.165) is 39.1 Å². The van der Waals surface area contributed by atoms with Crippen LogP contribution in [0.25, 0.3) is 0 Å². The molecule has 3 heteroatoms. The Labute approximate surface area is 218 Å². The molecule has 0 heterocycles. The predicted octanol–water partition coefficient (Wildman–Crippen LogP) is 7.46. The minimum Gasteiger partial charge on any atom is -0.385 e. The van der Waals surface area contributed by atoms with Crippen LogP contribution in [0.2, 0.25) is 0 Å². The number of hydrogen-bond donors (Lipinski definition) is 1. The van der Waals surface area contributed by atoms with Gasteiger partial charge in [-0.15, -0.1) is 11.6 Å². The molecule has 5 aromatic carbocycles. The minimum atomic E-state index is -1.26. The second-order valence-electron chi connectivity index (χ2n) is 8.30. The topological polar surface area (TPSA) is 32.6 Å². The number of aliphatic hydroxyl groups is 1. The molecule has 0 saturated carbocycles. The maximum Gasteiger partial charge on any atom is 2.00 e. The molecular weight excluding hydrogens is 470 g/mol. The van der Waals surface area contributed by atoms with E-state index in [2.05, 4.69) is 26.0 Å². The average Bonchev–Trinajstić information content (AvgIpc) is 3.60. The van der Waals surface area contributed by atoms with Crippen LogP contribution in [0, 0.1) is 13.8 Å². The molecule has 0 aliphatic rings. The van der Waals surface area contributed by atoms with Gasteiger partial charge in [0, 0.05) is 0 Å². The van der Waals surface area contributed by atoms with E-state index in [9.17, 15) is 5.11 Å². The molecule has 0 radical (unpaired) electrons. The van der Waals surface area contributed by atoms with E-state index in [-0.39, 0.29) is 17.1 Å². The minimum absolute atomic E-state index is 0. The van der Waals surface area contributed by atoms with Crippen molar-refractivity contribution in [1.29, 1.82) is 0 Å². The van der Waals surface area contributed by atoms with Gasteiger partial charge in [-0.1, -0.05) is 84.4 Å². The number of nitrogens with zero attached hydrogens (tertiary/aromatic N) is 1.